The van der Waals surface area contributed by atoms with E-state index in [-0.39, 0.29) is 0 Å². The molecule has 258 valence electrons. The molecule has 8 bridgehead atoms. The Morgan fingerprint density at radius 1 is 0.423 bits per heavy atom. The van der Waals surface area contributed by atoms with Gasteiger partial charge in [0.2, 0.25) is 0 Å². The maximum Gasteiger partial charge on any atom is 0.187 e. The van der Waals surface area contributed by atoms with E-state index >= 15 is 0 Å². The smallest absolute Gasteiger partial charge is 0.187 e. The summed E-state index contributed by atoms with van der Waals surface area (Å²) < 4.78 is 0. The van der Waals surface area contributed by atoms with Crippen LogP contribution in [0.4, 0.5) is 5.69 Å². The van der Waals surface area contributed by atoms with E-state index in [1.165, 1.54) is 88.2 Å². The van der Waals surface area contributed by atoms with E-state index in [1.807, 2.05) is 42.5 Å². The largest absolute Gasteiger partial charge is 0.238 e. The SMILES string of the molecule is [C-]#[N+]c1cccc(-c2nc(-c3ccccc3)nc(-c3cccc(-c4cc(C56CC7CC(CC(C7)C5)C6)cc(C56CC7CC(CC(C7)C5)C6)c4)c3)n2)c1. The molecular weight excluding hydrogens is 633 g/mol. The Labute approximate surface area is 308 Å². The zero-order valence-corrected chi connectivity index (χ0v) is 30.0. The number of hydrogen-bond donors (Lipinski definition) is 0. The van der Waals surface area contributed by atoms with Gasteiger partial charge in [-0.25, -0.2) is 19.8 Å². The summed E-state index contributed by atoms with van der Waals surface area (Å²) in [6.45, 7) is 7.59. The quantitative estimate of drug-likeness (QED) is 0.168. The van der Waals surface area contributed by atoms with Gasteiger partial charge in [-0.1, -0.05) is 84.9 Å². The highest BCUT2D eigenvalue weighted by Crippen LogP contribution is 2.64. The zero-order valence-electron chi connectivity index (χ0n) is 30.0. The minimum Gasteiger partial charge on any atom is -0.238 e. The van der Waals surface area contributed by atoms with E-state index in [1.54, 1.807) is 11.1 Å². The first kappa shape index (κ1) is 31.0. The van der Waals surface area contributed by atoms with Gasteiger partial charge in [0.05, 0.1) is 6.57 Å². The highest BCUT2D eigenvalue weighted by molar-refractivity contribution is 5.74. The number of rotatable bonds is 6. The molecule has 1 heterocycles. The second-order valence-electron chi connectivity index (χ2n) is 18.1. The van der Waals surface area contributed by atoms with Crippen LogP contribution in [0.2, 0.25) is 0 Å². The fourth-order valence-corrected chi connectivity index (χ4v) is 13.2. The van der Waals surface area contributed by atoms with Crippen molar-refractivity contribution in [1.82, 2.24) is 15.0 Å². The molecule has 8 aliphatic carbocycles. The van der Waals surface area contributed by atoms with Gasteiger partial charge in [0.1, 0.15) is 0 Å². The molecule has 0 unspecified atom stereocenters. The van der Waals surface area contributed by atoms with E-state index in [0.717, 1.165) is 52.2 Å². The number of hydrogen-bond acceptors (Lipinski definition) is 3. The van der Waals surface area contributed by atoms with Crippen LogP contribution in [0.3, 0.4) is 0 Å². The summed E-state index contributed by atoms with van der Waals surface area (Å²) in [5, 5.41) is 0. The summed E-state index contributed by atoms with van der Waals surface area (Å²) in [6, 6.07) is 34.8. The van der Waals surface area contributed by atoms with Crippen LogP contribution in [0.15, 0.2) is 97.1 Å². The average molecular weight is 679 g/mol. The Kier molecular flexibility index (Phi) is 6.96. The Morgan fingerprint density at radius 3 is 1.35 bits per heavy atom. The molecule has 8 fully saturated rings. The predicted molar refractivity (Wildman–Crippen MR) is 208 cm³/mol. The Bertz CT molecular complexity index is 2110. The van der Waals surface area contributed by atoms with Gasteiger partial charge in [-0.15, -0.1) is 0 Å². The summed E-state index contributed by atoms with van der Waals surface area (Å²) in [7, 11) is 0. The van der Waals surface area contributed by atoms with Crippen LogP contribution in [0.5, 0.6) is 0 Å². The van der Waals surface area contributed by atoms with Crippen molar-refractivity contribution < 1.29 is 0 Å². The molecule has 4 heteroatoms. The van der Waals surface area contributed by atoms with Gasteiger partial charge in [0, 0.05) is 16.7 Å². The van der Waals surface area contributed by atoms with Crippen molar-refractivity contribution in [1.29, 1.82) is 0 Å². The molecule has 5 aromatic rings. The number of aromatic nitrogens is 3. The first-order valence-electron chi connectivity index (χ1n) is 20.0. The van der Waals surface area contributed by atoms with Crippen molar-refractivity contribution in [3.8, 4) is 45.3 Å². The van der Waals surface area contributed by atoms with Gasteiger partial charge >= 0.3 is 0 Å². The predicted octanol–water partition coefficient (Wildman–Crippen LogP) is 12.0. The van der Waals surface area contributed by atoms with E-state index in [2.05, 4.69) is 59.4 Å². The molecule has 13 rings (SSSR count). The third-order valence-corrected chi connectivity index (χ3v) is 14.6. The lowest BCUT2D eigenvalue weighted by atomic mass is 9.46. The normalized spacial score (nSPS) is 32.2. The van der Waals surface area contributed by atoms with Gasteiger partial charge in [0.15, 0.2) is 23.2 Å². The molecule has 8 saturated carbocycles. The van der Waals surface area contributed by atoms with Crippen LogP contribution in [-0.4, -0.2) is 15.0 Å². The van der Waals surface area contributed by atoms with Crippen molar-refractivity contribution in [3.63, 3.8) is 0 Å². The van der Waals surface area contributed by atoms with Crippen LogP contribution >= 0.6 is 0 Å². The summed E-state index contributed by atoms with van der Waals surface area (Å²) in [4.78, 5) is 18.8. The highest BCUT2D eigenvalue weighted by atomic mass is 15.0. The molecule has 4 nitrogen and oxygen atoms in total. The van der Waals surface area contributed by atoms with E-state index in [9.17, 15) is 0 Å². The molecule has 0 aliphatic heterocycles. The first-order chi connectivity index (χ1) is 25.5. The fourth-order valence-electron chi connectivity index (χ4n) is 13.2. The third kappa shape index (κ3) is 5.18. The topological polar surface area (TPSA) is 43.0 Å². The van der Waals surface area contributed by atoms with Gasteiger partial charge in [-0.3, -0.25) is 0 Å². The Hall–Kier alpha value is -4.62. The van der Waals surface area contributed by atoms with Crippen molar-refractivity contribution in [2.75, 3.05) is 0 Å². The van der Waals surface area contributed by atoms with Gasteiger partial charge in [-0.2, -0.15) is 0 Å². The van der Waals surface area contributed by atoms with Gasteiger partial charge in [0.25, 0.3) is 0 Å². The van der Waals surface area contributed by atoms with Gasteiger partial charge < -0.3 is 0 Å². The van der Waals surface area contributed by atoms with Gasteiger partial charge in [-0.05, 0) is 158 Å². The molecule has 4 aromatic carbocycles. The van der Waals surface area contributed by atoms with E-state index in [0.29, 0.717) is 34.0 Å². The summed E-state index contributed by atoms with van der Waals surface area (Å²) >= 11 is 0. The molecular formula is C48H46N4. The molecule has 1 aromatic heterocycles. The minimum absolute atomic E-state index is 0.354. The van der Waals surface area contributed by atoms with Crippen molar-refractivity contribution in [3.05, 3.63) is 120 Å². The summed E-state index contributed by atoms with van der Waals surface area (Å²) in [6.07, 6.45) is 17.2. The van der Waals surface area contributed by atoms with Crippen molar-refractivity contribution in [2.24, 2.45) is 35.5 Å². The fraction of sp³-hybridized carbons (Fsp3) is 0.417. The van der Waals surface area contributed by atoms with Crippen LogP contribution in [-0.2, 0) is 10.8 Å². The maximum absolute atomic E-state index is 7.59. The zero-order chi connectivity index (χ0) is 34.4. The molecule has 0 spiro atoms. The second kappa shape index (κ2) is 11.7. The highest BCUT2D eigenvalue weighted by Gasteiger charge is 2.54. The molecule has 0 amide bonds. The molecule has 0 radical (unpaired) electrons. The van der Waals surface area contributed by atoms with Crippen LogP contribution < -0.4 is 0 Å². The minimum atomic E-state index is 0.354. The van der Waals surface area contributed by atoms with Crippen molar-refractivity contribution >= 4 is 5.69 Å². The van der Waals surface area contributed by atoms with E-state index < -0.39 is 0 Å². The molecule has 0 saturated heterocycles. The van der Waals surface area contributed by atoms with Crippen LogP contribution in [0.1, 0.15) is 88.2 Å². The lowest BCUT2D eigenvalue weighted by Gasteiger charge is -2.58. The number of benzene rings is 4. The molecule has 0 N–H and O–H groups in total. The lowest BCUT2D eigenvalue weighted by Crippen LogP contribution is -2.50. The summed E-state index contributed by atoms with van der Waals surface area (Å²) in [5.41, 5.74) is 10.0. The number of nitrogens with zero attached hydrogens (tertiary/aromatic N) is 4. The van der Waals surface area contributed by atoms with Crippen LogP contribution in [0, 0.1) is 42.1 Å². The third-order valence-electron chi connectivity index (χ3n) is 14.6. The summed E-state index contributed by atoms with van der Waals surface area (Å²) in [5.74, 6) is 7.45. The lowest BCUT2D eigenvalue weighted by molar-refractivity contribution is -0.00832. The standard InChI is InChI=1S/C48H46N4/c1-49-43-12-6-11-39(22-43)46-51-44(36-7-3-2-4-8-36)50-45(52-46)38-10-5-9-37(19-38)40-20-41(47-24-30-13-31(25-47)15-32(14-30)26-47)23-42(21-40)48-27-33-16-34(28-48)18-35(17-33)29-48/h2-12,19-23,30-35H,13-18,24-29H2. The Morgan fingerprint density at radius 2 is 0.846 bits per heavy atom. The maximum atomic E-state index is 7.59. The Balaban J connectivity index is 1.05. The van der Waals surface area contributed by atoms with Crippen LogP contribution in [0.25, 0.3) is 50.1 Å². The monoisotopic (exact) mass is 678 g/mol. The first-order valence-corrected chi connectivity index (χ1v) is 20.0. The van der Waals surface area contributed by atoms with Crippen molar-refractivity contribution in [2.45, 2.75) is 87.9 Å². The molecule has 52 heavy (non-hydrogen) atoms. The second-order valence-corrected chi connectivity index (χ2v) is 18.1. The van der Waals surface area contributed by atoms with E-state index in [4.69, 9.17) is 21.5 Å². The molecule has 0 atom stereocenters. The average Bonchev–Trinajstić information content (AvgIpc) is 3.17. The molecule has 8 aliphatic rings.